The molecule has 0 bridgehead atoms. The maximum atomic E-state index is 5.57. The van der Waals surface area contributed by atoms with E-state index in [0.29, 0.717) is 0 Å². The Morgan fingerprint density at radius 3 is 2.89 bits per heavy atom. The monoisotopic (exact) mass is 309 g/mol. The SMILES string of the molecule is Brc1ccc2ccn(CCC3OCCCO3)c2c1. The van der Waals surface area contributed by atoms with Gasteiger partial charge in [0.1, 0.15) is 0 Å². The number of hydrogen-bond donors (Lipinski definition) is 0. The molecular formula is C14H16BrNO2. The highest BCUT2D eigenvalue weighted by molar-refractivity contribution is 9.10. The summed E-state index contributed by atoms with van der Waals surface area (Å²) in [5.41, 5.74) is 1.25. The first kappa shape index (κ1) is 12.2. The van der Waals surface area contributed by atoms with E-state index >= 15 is 0 Å². The van der Waals surface area contributed by atoms with Crippen LogP contribution < -0.4 is 0 Å². The van der Waals surface area contributed by atoms with Gasteiger partial charge in [-0.15, -0.1) is 0 Å². The summed E-state index contributed by atoms with van der Waals surface area (Å²) in [6, 6.07) is 8.49. The molecule has 0 atom stereocenters. The number of benzene rings is 1. The first-order valence-corrected chi connectivity index (χ1v) is 7.10. The van der Waals surface area contributed by atoms with E-state index in [1.807, 2.05) is 0 Å². The molecule has 1 saturated heterocycles. The van der Waals surface area contributed by atoms with Gasteiger partial charge in [0.2, 0.25) is 0 Å². The van der Waals surface area contributed by atoms with Gasteiger partial charge < -0.3 is 14.0 Å². The zero-order chi connectivity index (χ0) is 12.4. The summed E-state index contributed by atoms with van der Waals surface area (Å²) in [5.74, 6) is 0. The maximum Gasteiger partial charge on any atom is 0.159 e. The van der Waals surface area contributed by atoms with Gasteiger partial charge in [-0.05, 0) is 30.0 Å². The average molecular weight is 310 g/mol. The number of aryl methyl sites for hydroxylation is 1. The summed E-state index contributed by atoms with van der Waals surface area (Å²) in [6.45, 7) is 2.57. The van der Waals surface area contributed by atoms with Crippen LogP contribution >= 0.6 is 15.9 Å². The van der Waals surface area contributed by atoms with E-state index in [1.54, 1.807) is 0 Å². The molecule has 4 heteroatoms. The van der Waals surface area contributed by atoms with Crippen LogP contribution in [0.1, 0.15) is 12.8 Å². The molecule has 18 heavy (non-hydrogen) atoms. The third kappa shape index (κ3) is 2.60. The lowest BCUT2D eigenvalue weighted by Crippen LogP contribution is -2.25. The molecule has 0 saturated carbocycles. The predicted molar refractivity (Wildman–Crippen MR) is 74.6 cm³/mol. The normalized spacial score (nSPS) is 17.4. The van der Waals surface area contributed by atoms with E-state index in [9.17, 15) is 0 Å². The first-order chi connectivity index (χ1) is 8.83. The molecule has 3 rings (SSSR count). The Balaban J connectivity index is 1.72. The minimum absolute atomic E-state index is 0.0386. The Morgan fingerprint density at radius 1 is 1.22 bits per heavy atom. The third-order valence-corrected chi connectivity index (χ3v) is 3.73. The highest BCUT2D eigenvalue weighted by atomic mass is 79.9. The summed E-state index contributed by atoms with van der Waals surface area (Å²) >= 11 is 3.52. The van der Waals surface area contributed by atoms with Crippen LogP contribution in [-0.2, 0) is 16.0 Å². The van der Waals surface area contributed by atoms with Crippen molar-refractivity contribution in [2.75, 3.05) is 13.2 Å². The van der Waals surface area contributed by atoms with E-state index < -0.39 is 0 Å². The summed E-state index contributed by atoms with van der Waals surface area (Å²) in [5, 5.41) is 1.27. The van der Waals surface area contributed by atoms with Crippen LogP contribution in [0.15, 0.2) is 34.9 Å². The minimum Gasteiger partial charge on any atom is -0.353 e. The molecule has 96 valence electrons. The van der Waals surface area contributed by atoms with Crippen molar-refractivity contribution in [3.63, 3.8) is 0 Å². The van der Waals surface area contributed by atoms with Crippen molar-refractivity contribution in [1.29, 1.82) is 0 Å². The second kappa shape index (κ2) is 5.43. The predicted octanol–water partition coefficient (Wildman–Crippen LogP) is 3.56. The van der Waals surface area contributed by atoms with Crippen LogP contribution in [0.5, 0.6) is 0 Å². The zero-order valence-corrected chi connectivity index (χ0v) is 11.7. The van der Waals surface area contributed by atoms with Crippen molar-refractivity contribution in [3.8, 4) is 0 Å². The van der Waals surface area contributed by atoms with E-state index in [2.05, 4.69) is 51.0 Å². The molecule has 1 aromatic carbocycles. The van der Waals surface area contributed by atoms with Crippen molar-refractivity contribution < 1.29 is 9.47 Å². The maximum absolute atomic E-state index is 5.57. The lowest BCUT2D eigenvalue weighted by Gasteiger charge is -2.23. The van der Waals surface area contributed by atoms with Crippen LogP contribution in [0.2, 0.25) is 0 Å². The quantitative estimate of drug-likeness (QED) is 0.865. The largest absolute Gasteiger partial charge is 0.353 e. The van der Waals surface area contributed by atoms with Gasteiger partial charge >= 0.3 is 0 Å². The summed E-state index contributed by atoms with van der Waals surface area (Å²) in [6.07, 6.45) is 4.00. The molecule has 2 aromatic rings. The fourth-order valence-electron chi connectivity index (χ4n) is 2.30. The molecule has 1 aliphatic rings. The number of fused-ring (bicyclic) bond motifs is 1. The van der Waals surface area contributed by atoms with Gasteiger partial charge in [0, 0.05) is 29.2 Å². The van der Waals surface area contributed by atoms with Gasteiger partial charge in [0.25, 0.3) is 0 Å². The Kier molecular flexibility index (Phi) is 3.68. The molecule has 0 N–H and O–H groups in total. The van der Waals surface area contributed by atoms with Gasteiger partial charge in [-0.25, -0.2) is 0 Å². The molecule has 0 aliphatic carbocycles. The summed E-state index contributed by atoms with van der Waals surface area (Å²) in [4.78, 5) is 0. The van der Waals surface area contributed by atoms with Gasteiger partial charge in [0.05, 0.1) is 13.2 Å². The van der Waals surface area contributed by atoms with E-state index in [-0.39, 0.29) is 6.29 Å². The Labute approximate surface area is 115 Å². The highest BCUT2D eigenvalue weighted by Gasteiger charge is 2.14. The minimum atomic E-state index is -0.0386. The van der Waals surface area contributed by atoms with Crippen molar-refractivity contribution in [1.82, 2.24) is 4.57 Å². The third-order valence-electron chi connectivity index (χ3n) is 3.24. The van der Waals surface area contributed by atoms with Gasteiger partial charge in [-0.3, -0.25) is 0 Å². The topological polar surface area (TPSA) is 23.4 Å². The first-order valence-electron chi connectivity index (χ1n) is 6.30. The van der Waals surface area contributed by atoms with Crippen LogP contribution in [0.4, 0.5) is 0 Å². The molecule has 3 nitrogen and oxygen atoms in total. The van der Waals surface area contributed by atoms with E-state index in [4.69, 9.17) is 9.47 Å². The van der Waals surface area contributed by atoms with Crippen LogP contribution in [-0.4, -0.2) is 24.1 Å². The lowest BCUT2D eigenvalue weighted by molar-refractivity contribution is -0.182. The Morgan fingerprint density at radius 2 is 2.06 bits per heavy atom. The number of nitrogens with zero attached hydrogens (tertiary/aromatic N) is 1. The van der Waals surface area contributed by atoms with Crippen molar-refractivity contribution in [2.24, 2.45) is 0 Å². The van der Waals surface area contributed by atoms with Gasteiger partial charge in [-0.1, -0.05) is 22.0 Å². The van der Waals surface area contributed by atoms with E-state index in [0.717, 1.165) is 37.1 Å². The zero-order valence-electron chi connectivity index (χ0n) is 10.1. The molecule has 1 fully saturated rings. The highest BCUT2D eigenvalue weighted by Crippen LogP contribution is 2.21. The van der Waals surface area contributed by atoms with Gasteiger partial charge in [0.15, 0.2) is 6.29 Å². The molecule has 0 unspecified atom stereocenters. The molecule has 1 aromatic heterocycles. The van der Waals surface area contributed by atoms with Crippen molar-refractivity contribution >= 4 is 26.8 Å². The van der Waals surface area contributed by atoms with Crippen LogP contribution in [0.3, 0.4) is 0 Å². The number of rotatable bonds is 3. The number of hydrogen-bond acceptors (Lipinski definition) is 2. The smallest absolute Gasteiger partial charge is 0.159 e. The van der Waals surface area contributed by atoms with Gasteiger partial charge in [-0.2, -0.15) is 0 Å². The summed E-state index contributed by atoms with van der Waals surface area (Å²) < 4.78 is 14.5. The van der Waals surface area contributed by atoms with Crippen LogP contribution in [0, 0.1) is 0 Å². The molecule has 2 heterocycles. The Bertz CT molecular complexity index is 532. The standard InChI is InChI=1S/C14H16BrNO2/c15-12-3-2-11-4-6-16(13(11)10-12)7-5-14-17-8-1-9-18-14/h2-4,6,10,14H,1,5,7-9H2. The molecule has 0 spiro atoms. The fourth-order valence-corrected chi connectivity index (χ4v) is 2.65. The fraction of sp³-hybridized carbons (Fsp3) is 0.429. The second-order valence-electron chi connectivity index (χ2n) is 4.53. The number of aromatic nitrogens is 1. The summed E-state index contributed by atoms with van der Waals surface area (Å²) in [7, 11) is 0. The molecule has 0 radical (unpaired) electrons. The second-order valence-corrected chi connectivity index (χ2v) is 5.44. The number of halogens is 1. The number of ether oxygens (including phenoxy) is 2. The van der Waals surface area contributed by atoms with Crippen molar-refractivity contribution in [3.05, 3.63) is 34.9 Å². The van der Waals surface area contributed by atoms with E-state index in [1.165, 1.54) is 10.9 Å². The Hall–Kier alpha value is -0.840. The molecule has 1 aliphatic heterocycles. The molecular weight excluding hydrogens is 294 g/mol. The van der Waals surface area contributed by atoms with Crippen LogP contribution in [0.25, 0.3) is 10.9 Å². The van der Waals surface area contributed by atoms with Crippen molar-refractivity contribution in [2.45, 2.75) is 25.7 Å². The lowest BCUT2D eigenvalue weighted by atomic mass is 10.2. The molecule has 0 amide bonds. The average Bonchev–Trinajstić information content (AvgIpc) is 2.80.